The van der Waals surface area contributed by atoms with E-state index in [9.17, 15) is 13.9 Å². The number of fused-ring (bicyclic) bond motifs is 1. The number of hydrogen-bond acceptors (Lipinski definition) is 6. The summed E-state index contributed by atoms with van der Waals surface area (Å²) >= 11 is 0. The number of aliphatic hydroxyl groups is 1. The van der Waals surface area contributed by atoms with Crippen molar-refractivity contribution in [3.63, 3.8) is 0 Å². The molecule has 4 aromatic rings. The second kappa shape index (κ2) is 9.31. The summed E-state index contributed by atoms with van der Waals surface area (Å²) in [5.74, 6) is -2.20. The quantitative estimate of drug-likeness (QED) is 0.403. The van der Waals surface area contributed by atoms with E-state index in [0.29, 0.717) is 22.9 Å². The highest BCUT2D eigenvalue weighted by atomic mass is 19.3. The molecule has 1 unspecified atom stereocenters. The molecule has 7 nitrogen and oxygen atoms in total. The van der Waals surface area contributed by atoms with Crippen LogP contribution in [0.5, 0.6) is 0 Å². The van der Waals surface area contributed by atoms with Gasteiger partial charge < -0.3 is 15.7 Å². The first-order valence-electron chi connectivity index (χ1n) is 11.8. The third kappa shape index (κ3) is 4.61. The van der Waals surface area contributed by atoms with Gasteiger partial charge in [-0.25, -0.2) is 18.4 Å². The molecule has 1 fully saturated rings. The molecule has 182 valence electrons. The Morgan fingerprint density at radius 1 is 1.14 bits per heavy atom. The summed E-state index contributed by atoms with van der Waals surface area (Å²) in [5.41, 5.74) is 10.5. The van der Waals surface area contributed by atoms with Gasteiger partial charge in [-0.05, 0) is 42.8 Å². The highest BCUT2D eigenvalue weighted by molar-refractivity contribution is 5.96. The summed E-state index contributed by atoms with van der Waals surface area (Å²) in [6.07, 6.45) is 3.26. The Hall–Kier alpha value is -3.43. The van der Waals surface area contributed by atoms with Crippen LogP contribution >= 0.6 is 0 Å². The molecule has 0 spiro atoms. The molecule has 1 aromatic carbocycles. The van der Waals surface area contributed by atoms with E-state index in [1.165, 1.54) is 0 Å². The van der Waals surface area contributed by atoms with Crippen molar-refractivity contribution in [2.75, 3.05) is 18.0 Å². The Balaban J connectivity index is 1.68. The Bertz CT molecular complexity index is 1350. The minimum Gasteiger partial charge on any atom is -0.390 e. The smallest absolute Gasteiger partial charge is 0.266 e. The average Bonchev–Trinajstić information content (AvgIpc) is 3.46. The molecule has 0 bridgehead atoms. The van der Waals surface area contributed by atoms with Gasteiger partial charge in [0.2, 0.25) is 0 Å². The zero-order valence-corrected chi connectivity index (χ0v) is 19.5. The molecule has 0 amide bonds. The van der Waals surface area contributed by atoms with Gasteiger partial charge in [0.15, 0.2) is 5.82 Å². The maximum Gasteiger partial charge on any atom is 0.266 e. The monoisotopic (exact) mass is 478 g/mol. The minimum absolute atomic E-state index is 0.170. The van der Waals surface area contributed by atoms with Crippen molar-refractivity contribution in [2.24, 2.45) is 5.73 Å². The first-order valence-corrected chi connectivity index (χ1v) is 11.8. The molecule has 1 atom stereocenters. The Morgan fingerprint density at radius 2 is 1.97 bits per heavy atom. The van der Waals surface area contributed by atoms with Crippen LogP contribution in [0, 0.1) is 0 Å². The third-order valence-electron chi connectivity index (χ3n) is 6.39. The largest absolute Gasteiger partial charge is 0.390 e. The molecule has 1 aliphatic heterocycles. The number of rotatable bonds is 7. The molecule has 1 aliphatic rings. The van der Waals surface area contributed by atoms with E-state index in [4.69, 9.17) is 10.7 Å². The zero-order chi connectivity index (χ0) is 24.6. The number of aromatic nitrogens is 4. The van der Waals surface area contributed by atoms with Crippen molar-refractivity contribution in [3.8, 4) is 17.1 Å². The van der Waals surface area contributed by atoms with E-state index >= 15 is 0 Å². The van der Waals surface area contributed by atoms with Crippen LogP contribution in [0.25, 0.3) is 28.0 Å². The number of halogens is 2. The van der Waals surface area contributed by atoms with Gasteiger partial charge in [0, 0.05) is 35.6 Å². The van der Waals surface area contributed by atoms with E-state index < -0.39 is 5.92 Å². The van der Waals surface area contributed by atoms with E-state index in [1.807, 2.05) is 30.3 Å². The fourth-order valence-electron chi connectivity index (χ4n) is 4.59. The van der Waals surface area contributed by atoms with Gasteiger partial charge in [-0.3, -0.25) is 4.98 Å². The van der Waals surface area contributed by atoms with Crippen molar-refractivity contribution in [1.29, 1.82) is 0 Å². The zero-order valence-electron chi connectivity index (χ0n) is 19.5. The number of benzene rings is 1. The van der Waals surface area contributed by atoms with Gasteiger partial charge in [-0.2, -0.15) is 5.10 Å². The normalized spacial score (nSPS) is 16.2. The van der Waals surface area contributed by atoms with Gasteiger partial charge in [-0.15, -0.1) is 0 Å². The molecule has 35 heavy (non-hydrogen) atoms. The van der Waals surface area contributed by atoms with Crippen molar-refractivity contribution in [1.82, 2.24) is 19.7 Å². The van der Waals surface area contributed by atoms with Crippen LogP contribution in [-0.2, 0) is 6.61 Å². The molecule has 0 saturated carbocycles. The number of aliphatic hydroxyl groups excluding tert-OH is 1. The summed E-state index contributed by atoms with van der Waals surface area (Å²) in [5, 5.41) is 14.8. The number of nitrogens with zero attached hydrogens (tertiary/aromatic N) is 5. The summed E-state index contributed by atoms with van der Waals surface area (Å²) in [6.45, 7) is 1.80. The van der Waals surface area contributed by atoms with Crippen LogP contribution in [0.4, 0.5) is 14.5 Å². The molecule has 3 N–H and O–H groups in total. The molecular weight excluding hydrogens is 450 g/mol. The van der Waals surface area contributed by atoms with Gasteiger partial charge in [0.25, 0.3) is 5.92 Å². The first kappa shape index (κ1) is 23.3. The maximum absolute atomic E-state index is 14.1. The lowest BCUT2D eigenvalue weighted by molar-refractivity contribution is 0.0257. The number of alkyl halides is 2. The average molecular weight is 479 g/mol. The molecule has 0 aliphatic carbocycles. The molecule has 1 saturated heterocycles. The minimum atomic E-state index is -2.74. The van der Waals surface area contributed by atoms with Gasteiger partial charge in [0.05, 0.1) is 41.9 Å². The van der Waals surface area contributed by atoms with E-state index in [-0.39, 0.29) is 32.2 Å². The maximum atomic E-state index is 14.1. The highest BCUT2D eigenvalue weighted by Crippen LogP contribution is 2.38. The van der Waals surface area contributed by atoms with Gasteiger partial charge >= 0.3 is 0 Å². The first-order chi connectivity index (χ1) is 16.9. The Morgan fingerprint density at radius 3 is 2.71 bits per heavy atom. The lowest BCUT2D eigenvalue weighted by Gasteiger charge is -2.21. The number of nitrogens with two attached hydrogens (primary N) is 1. The second-order valence-corrected chi connectivity index (χ2v) is 9.00. The molecule has 0 radical (unpaired) electrons. The van der Waals surface area contributed by atoms with Crippen LogP contribution in [-0.4, -0.2) is 43.9 Å². The SMILES string of the molecule is CCCC(N)c1cccc(-c2cc(N3CCC(F)(F)C3)c3cnn(-c4cccc(CO)n4)c3c2)n1. The van der Waals surface area contributed by atoms with Crippen LogP contribution in [0.1, 0.15) is 43.6 Å². The molecule has 4 heterocycles. The summed E-state index contributed by atoms with van der Waals surface area (Å²) < 4.78 is 30.0. The number of hydrogen-bond donors (Lipinski definition) is 2. The van der Waals surface area contributed by atoms with E-state index in [2.05, 4.69) is 17.0 Å². The topological polar surface area (TPSA) is 93.1 Å². The van der Waals surface area contributed by atoms with Gasteiger partial charge in [0.1, 0.15) is 0 Å². The lowest BCUT2D eigenvalue weighted by Crippen LogP contribution is -2.25. The molecular formula is C26H28F2N6O. The summed E-state index contributed by atoms with van der Waals surface area (Å²) in [6, 6.07) is 14.7. The predicted octanol–water partition coefficient (Wildman–Crippen LogP) is 4.62. The number of anilines is 1. The van der Waals surface area contributed by atoms with E-state index in [0.717, 1.165) is 35.0 Å². The third-order valence-corrected chi connectivity index (χ3v) is 6.39. The standard InChI is InChI=1S/C26H28F2N6O/c1-2-5-20(29)22-8-4-7-21(32-22)17-12-23(33-11-10-26(27,28)16-33)19-14-30-34(24(19)13-17)25-9-3-6-18(15-35)31-25/h3-4,6-9,12-14,20,35H,2,5,10-11,15-16,29H2,1H3. The predicted molar refractivity (Wildman–Crippen MR) is 132 cm³/mol. The van der Waals surface area contributed by atoms with E-state index in [1.54, 1.807) is 34.0 Å². The van der Waals surface area contributed by atoms with Crippen molar-refractivity contribution < 1.29 is 13.9 Å². The lowest BCUT2D eigenvalue weighted by atomic mass is 10.0. The van der Waals surface area contributed by atoms with Crippen molar-refractivity contribution in [3.05, 3.63) is 66.1 Å². The van der Waals surface area contributed by atoms with Crippen molar-refractivity contribution in [2.45, 2.75) is 44.8 Å². The van der Waals surface area contributed by atoms with Crippen LogP contribution in [0.15, 0.2) is 54.7 Å². The van der Waals surface area contributed by atoms with Crippen LogP contribution < -0.4 is 10.6 Å². The molecule has 3 aromatic heterocycles. The Kier molecular flexibility index (Phi) is 6.21. The molecule has 5 rings (SSSR count). The molecule has 9 heteroatoms. The van der Waals surface area contributed by atoms with Gasteiger partial charge in [-0.1, -0.05) is 25.5 Å². The Labute approximate surface area is 202 Å². The second-order valence-electron chi connectivity index (χ2n) is 9.00. The fraction of sp³-hybridized carbons (Fsp3) is 0.346. The summed E-state index contributed by atoms with van der Waals surface area (Å²) in [7, 11) is 0. The van der Waals surface area contributed by atoms with Crippen LogP contribution in [0.2, 0.25) is 0 Å². The van der Waals surface area contributed by atoms with Crippen molar-refractivity contribution >= 4 is 16.6 Å². The van der Waals surface area contributed by atoms with Crippen LogP contribution in [0.3, 0.4) is 0 Å². The number of pyridine rings is 2. The highest BCUT2D eigenvalue weighted by Gasteiger charge is 2.39. The fourth-order valence-corrected chi connectivity index (χ4v) is 4.59. The summed E-state index contributed by atoms with van der Waals surface area (Å²) in [4.78, 5) is 11.0.